The Kier molecular flexibility index (Phi) is 6.70. The van der Waals surface area contributed by atoms with Gasteiger partial charge < -0.3 is 9.64 Å². The Morgan fingerprint density at radius 2 is 1.83 bits per heavy atom. The first-order valence-electron chi connectivity index (χ1n) is 11.2. The minimum Gasteiger partial charge on any atom is -0.489 e. The van der Waals surface area contributed by atoms with E-state index < -0.39 is 5.91 Å². The highest BCUT2D eigenvalue weighted by molar-refractivity contribution is 8.27. The fraction of sp³-hybridized carbons (Fsp3) is 0.240. The number of carbonyl (C=O) groups excluding carboxylic acids is 2. The Hall–Kier alpha value is -3.43. The summed E-state index contributed by atoms with van der Waals surface area (Å²) in [6, 6.07) is 14.7. The normalized spacial score (nSPS) is 18.6. The Morgan fingerprint density at radius 1 is 1.11 bits per heavy atom. The van der Waals surface area contributed by atoms with Crippen LogP contribution in [0.5, 0.6) is 5.75 Å². The predicted octanol–water partition coefficient (Wildman–Crippen LogP) is 4.55. The molecule has 3 heterocycles. The van der Waals surface area contributed by atoms with Crippen molar-refractivity contribution in [2.24, 2.45) is 10.1 Å². The molecule has 10 heteroatoms. The number of thioether (sulfide) groups is 1. The van der Waals surface area contributed by atoms with Gasteiger partial charge in [-0.15, -0.1) is 0 Å². The number of carbonyl (C=O) groups is 2. The van der Waals surface area contributed by atoms with Crippen molar-refractivity contribution in [2.75, 3.05) is 13.1 Å². The molecular formula is C25H22ClN5O3S. The molecule has 2 amide bonds. The van der Waals surface area contributed by atoms with Crippen LogP contribution in [0.15, 0.2) is 64.2 Å². The summed E-state index contributed by atoms with van der Waals surface area (Å²) >= 11 is 7.08. The third-order valence-electron chi connectivity index (χ3n) is 5.77. The van der Waals surface area contributed by atoms with Crippen molar-refractivity contribution in [3.8, 4) is 5.75 Å². The van der Waals surface area contributed by atoms with Gasteiger partial charge in [-0.1, -0.05) is 35.9 Å². The van der Waals surface area contributed by atoms with Crippen LogP contribution in [0.3, 0.4) is 0 Å². The highest BCUT2D eigenvalue weighted by atomic mass is 35.5. The number of hydrazone groups is 1. The number of hydrogen-bond acceptors (Lipinski definition) is 6. The monoisotopic (exact) mass is 507 g/mol. The number of amidine groups is 2. The second kappa shape index (κ2) is 10.1. The number of rotatable bonds is 6. The smallest absolute Gasteiger partial charge is 0.283 e. The molecule has 2 aromatic rings. The molecule has 1 N–H and O–H groups in total. The van der Waals surface area contributed by atoms with Crippen LogP contribution in [0.2, 0.25) is 5.02 Å². The van der Waals surface area contributed by atoms with E-state index in [4.69, 9.17) is 21.7 Å². The van der Waals surface area contributed by atoms with Crippen molar-refractivity contribution in [2.45, 2.75) is 25.9 Å². The first-order valence-corrected chi connectivity index (χ1v) is 12.4. The van der Waals surface area contributed by atoms with E-state index in [-0.39, 0.29) is 23.7 Å². The van der Waals surface area contributed by atoms with Gasteiger partial charge in [0.1, 0.15) is 17.4 Å². The molecular weight excluding hydrogens is 486 g/mol. The molecule has 0 saturated carbocycles. The third-order valence-corrected chi connectivity index (χ3v) is 6.93. The molecule has 0 bridgehead atoms. The molecule has 0 atom stereocenters. The minimum atomic E-state index is -0.501. The van der Waals surface area contributed by atoms with Crippen LogP contribution in [0.25, 0.3) is 6.08 Å². The number of ether oxygens (including phenoxy) is 1. The van der Waals surface area contributed by atoms with Gasteiger partial charge in [0.15, 0.2) is 5.84 Å². The van der Waals surface area contributed by atoms with Crippen LogP contribution in [0.1, 0.15) is 30.4 Å². The second-order valence-corrected chi connectivity index (χ2v) is 9.74. The summed E-state index contributed by atoms with van der Waals surface area (Å²) in [6.07, 6.45) is 3.81. The average Bonchev–Trinajstić information content (AvgIpc) is 3.53. The number of benzene rings is 2. The molecule has 35 heavy (non-hydrogen) atoms. The summed E-state index contributed by atoms with van der Waals surface area (Å²) in [7, 11) is 0. The van der Waals surface area contributed by atoms with Crippen LogP contribution in [0.4, 0.5) is 0 Å². The fourth-order valence-corrected chi connectivity index (χ4v) is 4.89. The summed E-state index contributed by atoms with van der Waals surface area (Å²) in [6.45, 7) is 1.95. The highest BCUT2D eigenvalue weighted by Gasteiger charge is 2.36. The maximum Gasteiger partial charge on any atom is 0.283 e. The van der Waals surface area contributed by atoms with Gasteiger partial charge in [-0.25, -0.2) is 0 Å². The van der Waals surface area contributed by atoms with Gasteiger partial charge in [-0.2, -0.15) is 15.1 Å². The standard InChI is InChI=1S/C25H22ClN5O3S/c26-18-7-3-17(4-8-18)15-34-19-9-5-16(6-10-19)13-20-23(27)31-25(28-24(20)33)35-21(29-31)14-22(32)30-11-1-2-12-30/h3-10,13,27H,1-2,11-12,14-15H2/b20-13-,27-23?. The SMILES string of the molecule is N=C1/C(=C/c2ccc(OCc3ccc(Cl)cc3)cc2)C(=O)N=C2SC(CC(=O)N3CCCC3)=NN12. The number of fused-ring (bicyclic) bond motifs is 1. The van der Waals surface area contributed by atoms with E-state index in [1.165, 1.54) is 16.8 Å². The maximum atomic E-state index is 12.6. The van der Waals surface area contributed by atoms with Gasteiger partial charge in [0.2, 0.25) is 11.1 Å². The van der Waals surface area contributed by atoms with Crippen molar-refractivity contribution < 1.29 is 14.3 Å². The molecule has 5 rings (SSSR count). The van der Waals surface area contributed by atoms with Crippen LogP contribution < -0.4 is 4.74 Å². The zero-order chi connectivity index (χ0) is 24.4. The van der Waals surface area contributed by atoms with Gasteiger partial charge in [0.25, 0.3) is 5.91 Å². The van der Waals surface area contributed by atoms with Crippen molar-refractivity contribution >= 4 is 57.3 Å². The molecule has 178 valence electrons. The van der Waals surface area contributed by atoms with E-state index in [2.05, 4.69) is 10.1 Å². The maximum absolute atomic E-state index is 12.6. The molecule has 0 aliphatic carbocycles. The van der Waals surface area contributed by atoms with Gasteiger partial charge in [-0.05, 0) is 66.1 Å². The summed E-state index contributed by atoms with van der Waals surface area (Å²) in [4.78, 5) is 31.0. The van der Waals surface area contributed by atoms with E-state index in [1.807, 2.05) is 41.3 Å². The van der Waals surface area contributed by atoms with Crippen LogP contribution >= 0.6 is 23.4 Å². The van der Waals surface area contributed by atoms with E-state index in [9.17, 15) is 9.59 Å². The van der Waals surface area contributed by atoms with Crippen molar-refractivity contribution in [3.63, 3.8) is 0 Å². The molecule has 1 saturated heterocycles. The predicted molar refractivity (Wildman–Crippen MR) is 138 cm³/mol. The average molecular weight is 508 g/mol. The molecule has 0 unspecified atom stereocenters. The zero-order valence-electron chi connectivity index (χ0n) is 18.7. The second-order valence-electron chi connectivity index (χ2n) is 8.26. The number of amides is 2. The minimum absolute atomic E-state index is 0.0150. The lowest BCUT2D eigenvalue weighted by Gasteiger charge is -2.20. The zero-order valence-corrected chi connectivity index (χ0v) is 20.3. The first kappa shape index (κ1) is 23.3. The number of likely N-dealkylation sites (tertiary alicyclic amines) is 1. The summed E-state index contributed by atoms with van der Waals surface area (Å²) in [5.41, 5.74) is 1.87. The van der Waals surface area contributed by atoms with Gasteiger partial charge >= 0.3 is 0 Å². The third kappa shape index (κ3) is 5.31. The molecule has 3 aliphatic rings. The largest absolute Gasteiger partial charge is 0.489 e. The van der Waals surface area contributed by atoms with Crippen LogP contribution in [-0.2, 0) is 16.2 Å². The van der Waals surface area contributed by atoms with Gasteiger partial charge in [-0.3, -0.25) is 15.0 Å². The molecule has 8 nitrogen and oxygen atoms in total. The van der Waals surface area contributed by atoms with Crippen LogP contribution in [-0.4, -0.2) is 50.9 Å². The molecule has 1 fully saturated rings. The lowest BCUT2D eigenvalue weighted by Crippen LogP contribution is -2.35. The Morgan fingerprint density at radius 3 is 2.54 bits per heavy atom. The molecule has 0 spiro atoms. The topological polar surface area (TPSA) is 98.4 Å². The Bertz CT molecular complexity index is 1270. The molecule has 0 radical (unpaired) electrons. The first-order chi connectivity index (χ1) is 17.0. The van der Waals surface area contributed by atoms with E-state index in [0.717, 1.165) is 37.1 Å². The number of aliphatic imine (C=N–C) groups is 1. The van der Waals surface area contributed by atoms with Gasteiger partial charge in [0, 0.05) is 18.1 Å². The summed E-state index contributed by atoms with van der Waals surface area (Å²) in [5, 5.41) is 15.8. The van der Waals surface area contributed by atoms with E-state index in [0.29, 0.717) is 27.6 Å². The lowest BCUT2D eigenvalue weighted by atomic mass is 10.1. The lowest BCUT2D eigenvalue weighted by molar-refractivity contribution is -0.128. The molecule has 3 aliphatic heterocycles. The molecule has 0 aromatic heterocycles. The fourth-order valence-electron chi connectivity index (χ4n) is 3.89. The molecule has 2 aromatic carbocycles. The number of nitrogens with one attached hydrogen (secondary N) is 1. The number of nitrogens with zero attached hydrogens (tertiary/aromatic N) is 4. The number of hydrogen-bond donors (Lipinski definition) is 1. The Balaban J connectivity index is 1.25. The summed E-state index contributed by atoms with van der Waals surface area (Å²) < 4.78 is 5.80. The van der Waals surface area contributed by atoms with Crippen molar-refractivity contribution in [1.82, 2.24) is 9.91 Å². The van der Waals surface area contributed by atoms with E-state index in [1.54, 1.807) is 18.2 Å². The van der Waals surface area contributed by atoms with E-state index >= 15 is 0 Å². The number of halogens is 1. The Labute approximate surface area is 211 Å². The quantitative estimate of drug-likeness (QED) is 0.578. The van der Waals surface area contributed by atoms with Gasteiger partial charge in [0.05, 0.1) is 12.0 Å². The van der Waals surface area contributed by atoms with Crippen molar-refractivity contribution in [3.05, 3.63) is 70.3 Å². The van der Waals surface area contributed by atoms with Crippen molar-refractivity contribution in [1.29, 1.82) is 5.41 Å². The highest BCUT2D eigenvalue weighted by Crippen LogP contribution is 2.30. The van der Waals surface area contributed by atoms with Crippen LogP contribution in [0, 0.1) is 5.41 Å². The summed E-state index contributed by atoms with van der Waals surface area (Å²) in [5.74, 6) is 0.139.